The summed E-state index contributed by atoms with van der Waals surface area (Å²) >= 11 is -0.611. The Hall–Kier alpha value is -0.840. The molecule has 0 bridgehead atoms. The molecule has 0 aliphatic carbocycles. The van der Waals surface area contributed by atoms with Crippen molar-refractivity contribution in [2.75, 3.05) is 38.7 Å². The second kappa shape index (κ2) is 14.2. The van der Waals surface area contributed by atoms with E-state index in [1.165, 1.54) is 0 Å². The first-order chi connectivity index (χ1) is 7.97. The Labute approximate surface area is 115 Å². The average molecular weight is 275 g/mol. The molecule has 0 aromatic heterocycles. The van der Waals surface area contributed by atoms with Crippen LogP contribution in [-0.2, 0) is 11.2 Å². The molecule has 0 saturated carbocycles. The topological polar surface area (TPSA) is 23.1 Å². The van der Waals surface area contributed by atoms with E-state index in [2.05, 4.69) is 26.3 Å². The highest BCUT2D eigenvalue weighted by molar-refractivity contribution is 7.89. The quantitative estimate of drug-likeness (QED) is 0.334. The standard InChI is InChI=1S/C12H20N.C2H6OS.FH/c1-5-9-13(10-6-2,11-7-3)12-8-4;1-4(2)3;/h5-8H,1-4,9-12H2;1-2H3;1H/q+1;;/p-1. The van der Waals surface area contributed by atoms with Crippen LogP contribution in [-0.4, -0.2) is 47.7 Å². The van der Waals surface area contributed by atoms with Gasteiger partial charge < -0.3 is 13.7 Å². The van der Waals surface area contributed by atoms with Crippen molar-refractivity contribution in [1.29, 1.82) is 0 Å². The Morgan fingerprint density at radius 1 is 0.833 bits per heavy atom. The summed E-state index contributed by atoms with van der Waals surface area (Å²) < 4.78 is 10.5. The van der Waals surface area contributed by atoms with Gasteiger partial charge in [0.15, 0.2) is 0 Å². The maximum Gasteiger partial charge on any atom is 0.0978 e. The van der Waals surface area contributed by atoms with Crippen LogP contribution < -0.4 is 4.70 Å². The van der Waals surface area contributed by atoms with Crippen LogP contribution in [0.15, 0.2) is 50.6 Å². The lowest BCUT2D eigenvalue weighted by molar-refractivity contribution is -0.906. The van der Waals surface area contributed by atoms with Crippen LogP contribution in [0.4, 0.5) is 0 Å². The van der Waals surface area contributed by atoms with Crippen LogP contribution in [0.5, 0.6) is 0 Å². The van der Waals surface area contributed by atoms with E-state index < -0.39 is 11.2 Å². The van der Waals surface area contributed by atoms with Gasteiger partial charge in [0.05, 0.1) is 38.7 Å². The smallest absolute Gasteiger partial charge is 0.0978 e. The van der Waals surface area contributed by atoms with Gasteiger partial charge in [-0.05, 0) is 24.3 Å². The zero-order valence-corrected chi connectivity index (χ0v) is 12.4. The van der Waals surface area contributed by atoms with Crippen molar-refractivity contribution in [3.05, 3.63) is 50.6 Å². The van der Waals surface area contributed by atoms with Crippen LogP contribution in [0.3, 0.4) is 0 Å². The molecular weight excluding hydrogens is 249 g/mol. The molecule has 0 aromatic rings. The van der Waals surface area contributed by atoms with Gasteiger partial charge in [0.1, 0.15) is 0 Å². The normalized spacial score (nSPS) is 9.56. The fourth-order valence-corrected chi connectivity index (χ4v) is 1.54. The highest BCUT2D eigenvalue weighted by atomic mass is 32.2. The summed E-state index contributed by atoms with van der Waals surface area (Å²) in [5.74, 6) is 0. The van der Waals surface area contributed by atoms with Crippen LogP contribution in [0.1, 0.15) is 0 Å². The van der Waals surface area contributed by atoms with Gasteiger partial charge in [0.25, 0.3) is 0 Å². The van der Waals surface area contributed by atoms with E-state index >= 15 is 0 Å². The molecule has 0 radical (unpaired) electrons. The molecule has 0 N–H and O–H groups in total. The molecule has 106 valence electrons. The van der Waals surface area contributed by atoms with Crippen molar-refractivity contribution in [3.8, 4) is 0 Å². The summed E-state index contributed by atoms with van der Waals surface area (Å²) in [5, 5.41) is 0. The lowest BCUT2D eigenvalue weighted by Crippen LogP contribution is -3.00. The van der Waals surface area contributed by atoms with Crippen molar-refractivity contribution >= 4 is 11.2 Å². The van der Waals surface area contributed by atoms with E-state index in [9.17, 15) is 4.55 Å². The second-order valence-electron chi connectivity index (χ2n) is 3.97. The molecule has 0 rings (SSSR count). The highest BCUT2D eigenvalue weighted by Crippen LogP contribution is 2.07. The van der Waals surface area contributed by atoms with E-state index in [1.54, 1.807) is 12.5 Å². The zero-order chi connectivity index (χ0) is 13.7. The van der Waals surface area contributed by atoms with Crippen LogP contribution in [0, 0.1) is 0 Å². The maximum absolute atomic E-state index is 9.56. The van der Waals surface area contributed by atoms with Gasteiger partial charge in [0.2, 0.25) is 0 Å². The predicted molar refractivity (Wildman–Crippen MR) is 80.5 cm³/mol. The SMILES string of the molecule is C=CC[N+](CC=C)(CC=C)CC=C.C[S+](C)[O-].[F-]. The number of hydrogen-bond acceptors (Lipinski definition) is 1. The summed E-state index contributed by atoms with van der Waals surface area (Å²) in [6.07, 6.45) is 11.0. The van der Waals surface area contributed by atoms with Crippen molar-refractivity contribution in [2.45, 2.75) is 0 Å². The lowest BCUT2D eigenvalue weighted by atomic mass is 10.3. The van der Waals surface area contributed by atoms with Gasteiger partial charge in [-0.25, -0.2) is 0 Å². The minimum atomic E-state index is -0.611. The first kappa shape index (κ1) is 22.3. The third-order valence-electron chi connectivity index (χ3n) is 2.07. The third-order valence-corrected chi connectivity index (χ3v) is 2.07. The van der Waals surface area contributed by atoms with E-state index in [4.69, 9.17) is 0 Å². The third kappa shape index (κ3) is 13.2. The van der Waals surface area contributed by atoms with Crippen LogP contribution in [0.25, 0.3) is 0 Å². The second-order valence-corrected chi connectivity index (χ2v) is 5.45. The molecule has 18 heavy (non-hydrogen) atoms. The molecule has 0 aliphatic rings. The van der Waals surface area contributed by atoms with E-state index in [0.717, 1.165) is 30.7 Å². The molecule has 0 aromatic carbocycles. The molecule has 0 heterocycles. The fraction of sp³-hybridized carbons (Fsp3) is 0.429. The van der Waals surface area contributed by atoms with Crippen LogP contribution >= 0.6 is 0 Å². The van der Waals surface area contributed by atoms with E-state index in [-0.39, 0.29) is 4.70 Å². The first-order valence-electron chi connectivity index (χ1n) is 5.51. The number of hydrogen-bond donors (Lipinski definition) is 0. The number of rotatable bonds is 8. The molecule has 4 heteroatoms. The lowest BCUT2D eigenvalue weighted by Gasteiger charge is -2.35. The Morgan fingerprint density at radius 2 is 1.00 bits per heavy atom. The first-order valence-corrected chi connectivity index (χ1v) is 7.48. The summed E-state index contributed by atoms with van der Waals surface area (Å²) in [6.45, 7) is 18.8. The van der Waals surface area contributed by atoms with Crippen molar-refractivity contribution < 1.29 is 13.7 Å². The monoisotopic (exact) mass is 275 g/mol. The number of halogens is 1. The fourth-order valence-electron chi connectivity index (χ4n) is 1.54. The van der Waals surface area contributed by atoms with Crippen molar-refractivity contribution in [1.82, 2.24) is 0 Å². The summed E-state index contributed by atoms with van der Waals surface area (Å²) in [4.78, 5) is 0. The molecule has 0 saturated heterocycles. The number of quaternary nitrogens is 1. The van der Waals surface area contributed by atoms with Gasteiger partial charge in [-0.3, -0.25) is 0 Å². The van der Waals surface area contributed by atoms with Crippen molar-refractivity contribution in [3.63, 3.8) is 0 Å². The van der Waals surface area contributed by atoms with Gasteiger partial charge >= 0.3 is 0 Å². The Morgan fingerprint density at radius 3 is 1.11 bits per heavy atom. The molecule has 0 spiro atoms. The highest BCUT2D eigenvalue weighted by Gasteiger charge is 2.20. The summed E-state index contributed by atoms with van der Waals surface area (Å²) in [6, 6.07) is 0. The molecule has 0 fully saturated rings. The van der Waals surface area contributed by atoms with Gasteiger partial charge in [-0.2, -0.15) is 0 Å². The Kier molecular flexibility index (Phi) is 17.7. The minimum Gasteiger partial charge on any atom is -1.00 e. The van der Waals surface area contributed by atoms with Crippen LogP contribution in [0.2, 0.25) is 0 Å². The Bertz CT molecular complexity index is 194. The maximum atomic E-state index is 9.56. The minimum absolute atomic E-state index is 0. The molecule has 0 aliphatic heterocycles. The van der Waals surface area contributed by atoms with Crippen molar-refractivity contribution in [2.24, 2.45) is 0 Å². The largest absolute Gasteiger partial charge is 1.00 e. The van der Waals surface area contributed by atoms with E-state index in [1.807, 2.05) is 24.3 Å². The Balaban J connectivity index is -0.000000392. The van der Waals surface area contributed by atoms with E-state index in [0.29, 0.717) is 0 Å². The molecule has 0 amide bonds. The number of nitrogens with zero attached hydrogens (tertiary/aromatic N) is 1. The zero-order valence-electron chi connectivity index (χ0n) is 11.6. The molecule has 0 atom stereocenters. The molecule has 2 nitrogen and oxygen atoms in total. The van der Waals surface area contributed by atoms with Gasteiger partial charge in [-0.1, -0.05) is 37.5 Å². The molecule has 0 unspecified atom stereocenters. The van der Waals surface area contributed by atoms with Gasteiger partial charge in [-0.15, -0.1) is 0 Å². The summed E-state index contributed by atoms with van der Waals surface area (Å²) in [5.41, 5.74) is 0. The predicted octanol–water partition coefficient (Wildman–Crippen LogP) is -0.454. The molecular formula is C14H26FNOS. The average Bonchev–Trinajstić information content (AvgIpc) is 2.18. The summed E-state index contributed by atoms with van der Waals surface area (Å²) in [7, 11) is 0. The van der Waals surface area contributed by atoms with Gasteiger partial charge in [0, 0.05) is 0 Å².